The number of para-hydroxylation sites is 1. The summed E-state index contributed by atoms with van der Waals surface area (Å²) in [5.74, 6) is 2.27. The molecular formula is C66H42N4O. The number of furan rings is 1. The zero-order valence-electron chi connectivity index (χ0n) is 38.7. The van der Waals surface area contributed by atoms with Crippen LogP contribution in [0.15, 0.2) is 229 Å². The van der Waals surface area contributed by atoms with Crippen molar-refractivity contribution in [3.63, 3.8) is 0 Å². The number of nitrogens with zero attached hydrogens (tertiary/aromatic N) is 4. The minimum atomic E-state index is 0.234. The van der Waals surface area contributed by atoms with Gasteiger partial charge in [-0.05, 0) is 115 Å². The highest BCUT2D eigenvalue weighted by atomic mass is 16.3. The third-order valence-electron chi connectivity index (χ3n) is 15.2. The number of rotatable bonds is 5. The van der Waals surface area contributed by atoms with Crippen molar-refractivity contribution in [3.05, 3.63) is 241 Å². The summed E-state index contributed by atoms with van der Waals surface area (Å²) in [4.78, 5) is 16.5. The molecule has 0 fully saturated rings. The van der Waals surface area contributed by atoms with Gasteiger partial charge in [-0.25, -0.2) is 15.0 Å². The van der Waals surface area contributed by atoms with E-state index in [2.05, 4.69) is 236 Å². The van der Waals surface area contributed by atoms with Gasteiger partial charge in [0.1, 0.15) is 11.2 Å². The van der Waals surface area contributed by atoms with Crippen molar-refractivity contribution < 1.29 is 4.42 Å². The van der Waals surface area contributed by atoms with E-state index in [0.29, 0.717) is 17.5 Å². The van der Waals surface area contributed by atoms with Gasteiger partial charge in [0, 0.05) is 50.2 Å². The molecule has 2 unspecified atom stereocenters. The summed E-state index contributed by atoms with van der Waals surface area (Å²) in [5.41, 5.74) is 13.9. The fourth-order valence-corrected chi connectivity index (χ4v) is 11.8. The first-order valence-electron chi connectivity index (χ1n) is 24.4. The van der Waals surface area contributed by atoms with Gasteiger partial charge >= 0.3 is 0 Å². The predicted octanol–water partition coefficient (Wildman–Crippen LogP) is 17.2. The molecule has 0 saturated carbocycles. The minimum Gasteiger partial charge on any atom is -0.456 e. The molecule has 0 aliphatic heterocycles. The summed E-state index contributed by atoms with van der Waals surface area (Å²) >= 11 is 0. The first-order valence-corrected chi connectivity index (χ1v) is 24.4. The Bertz CT molecular complexity index is 4510. The molecule has 5 nitrogen and oxygen atoms in total. The van der Waals surface area contributed by atoms with Crippen LogP contribution in [0, 0.1) is 0 Å². The van der Waals surface area contributed by atoms with Crippen LogP contribution in [0.25, 0.3) is 127 Å². The normalized spacial score (nSPS) is 14.5. The van der Waals surface area contributed by atoms with Gasteiger partial charge in [0.15, 0.2) is 17.5 Å². The largest absolute Gasteiger partial charge is 0.456 e. The molecular weight excluding hydrogens is 865 g/mol. The fourth-order valence-electron chi connectivity index (χ4n) is 11.8. The molecule has 2 atom stereocenters. The molecule has 3 heterocycles. The molecule has 14 aromatic rings. The monoisotopic (exact) mass is 906 g/mol. The van der Waals surface area contributed by atoms with Crippen molar-refractivity contribution in [2.75, 3.05) is 0 Å². The highest BCUT2D eigenvalue weighted by Crippen LogP contribution is 2.51. The Hall–Kier alpha value is -9.19. The van der Waals surface area contributed by atoms with E-state index in [-0.39, 0.29) is 11.8 Å². The summed E-state index contributed by atoms with van der Waals surface area (Å²) < 4.78 is 9.25. The first-order chi connectivity index (χ1) is 35.1. The van der Waals surface area contributed by atoms with E-state index in [1.54, 1.807) is 0 Å². The molecule has 0 saturated heterocycles. The molecule has 0 amide bonds. The van der Waals surface area contributed by atoms with Crippen LogP contribution in [0.5, 0.6) is 0 Å². The lowest BCUT2D eigenvalue weighted by Crippen LogP contribution is -2.17. The summed E-state index contributed by atoms with van der Waals surface area (Å²) in [6.45, 7) is 2.36. The maximum atomic E-state index is 6.87. The van der Waals surface area contributed by atoms with Crippen LogP contribution >= 0.6 is 0 Å². The lowest BCUT2D eigenvalue weighted by Gasteiger charge is -2.34. The van der Waals surface area contributed by atoms with E-state index >= 15 is 0 Å². The van der Waals surface area contributed by atoms with Gasteiger partial charge in [-0.1, -0.05) is 177 Å². The van der Waals surface area contributed by atoms with Crippen LogP contribution < -0.4 is 0 Å². The highest BCUT2D eigenvalue weighted by molar-refractivity contribution is 6.16. The molecule has 11 aromatic carbocycles. The third kappa shape index (κ3) is 6.22. The average Bonchev–Trinajstić information content (AvgIpc) is 3.94. The molecule has 5 heteroatoms. The smallest absolute Gasteiger partial charge is 0.166 e. The van der Waals surface area contributed by atoms with Crippen LogP contribution in [0.2, 0.25) is 0 Å². The Balaban J connectivity index is 1.02. The zero-order chi connectivity index (χ0) is 46.7. The second-order valence-corrected chi connectivity index (χ2v) is 19.2. The second kappa shape index (κ2) is 15.4. The number of benzene rings is 11. The molecule has 1 aliphatic rings. The zero-order valence-corrected chi connectivity index (χ0v) is 38.7. The standard InChI is InChI=1S/C66H42N4O/c1-39-49-30-29-48(34-53(49)50-23-11-12-25-52(50)63(39)41-16-3-2-4-17-41)65-67-64(47-28-27-40-15-5-6-18-42(40)31-47)68-66(69-65)57-37-56-55-33-44-20-8-10-22-46(44)36-61(55)71-62(56)38-60(57)70-58-26-14-13-24-51(58)54-32-43-19-7-9-21-45(43)35-59(54)70/h2-39,63H,1H3. The highest BCUT2D eigenvalue weighted by Gasteiger charge is 2.32. The molecule has 3 aromatic heterocycles. The number of hydrogen-bond acceptors (Lipinski definition) is 4. The van der Waals surface area contributed by atoms with Crippen LogP contribution in [0.1, 0.15) is 35.4 Å². The molecule has 0 radical (unpaired) electrons. The predicted molar refractivity (Wildman–Crippen MR) is 292 cm³/mol. The first kappa shape index (κ1) is 39.8. The Kier molecular flexibility index (Phi) is 8.63. The maximum Gasteiger partial charge on any atom is 0.166 e. The summed E-state index contributed by atoms with van der Waals surface area (Å²) in [5, 5.41) is 11.3. The van der Waals surface area contributed by atoms with E-state index in [1.165, 1.54) is 49.4 Å². The lowest BCUT2D eigenvalue weighted by atomic mass is 9.69. The van der Waals surface area contributed by atoms with Crippen LogP contribution in [-0.2, 0) is 0 Å². The fraction of sp³-hybridized carbons (Fsp3) is 0.0455. The van der Waals surface area contributed by atoms with Crippen molar-refractivity contribution in [2.45, 2.75) is 18.8 Å². The van der Waals surface area contributed by atoms with Crippen molar-refractivity contribution in [2.24, 2.45) is 0 Å². The van der Waals surface area contributed by atoms with Gasteiger partial charge in [0.25, 0.3) is 0 Å². The van der Waals surface area contributed by atoms with Gasteiger partial charge in [-0.15, -0.1) is 0 Å². The van der Waals surface area contributed by atoms with E-state index < -0.39 is 0 Å². The van der Waals surface area contributed by atoms with Crippen LogP contribution in [0.3, 0.4) is 0 Å². The van der Waals surface area contributed by atoms with Gasteiger partial charge in [0.05, 0.1) is 16.7 Å². The summed E-state index contributed by atoms with van der Waals surface area (Å²) in [7, 11) is 0. The van der Waals surface area contributed by atoms with Gasteiger partial charge in [-0.3, -0.25) is 0 Å². The minimum absolute atomic E-state index is 0.234. The topological polar surface area (TPSA) is 56.7 Å². The quantitative estimate of drug-likeness (QED) is 0.173. The van der Waals surface area contributed by atoms with E-state index in [1.807, 2.05) is 0 Å². The van der Waals surface area contributed by atoms with E-state index in [0.717, 1.165) is 76.9 Å². The van der Waals surface area contributed by atoms with Crippen molar-refractivity contribution in [1.29, 1.82) is 0 Å². The van der Waals surface area contributed by atoms with Crippen LogP contribution in [0.4, 0.5) is 0 Å². The number of fused-ring (bicyclic) bond motifs is 12. The third-order valence-corrected chi connectivity index (χ3v) is 15.2. The Morgan fingerprint density at radius 1 is 0.366 bits per heavy atom. The Morgan fingerprint density at radius 3 is 1.73 bits per heavy atom. The summed E-state index contributed by atoms with van der Waals surface area (Å²) in [6.07, 6.45) is 0. The van der Waals surface area contributed by atoms with Crippen LogP contribution in [-0.4, -0.2) is 19.5 Å². The lowest BCUT2D eigenvalue weighted by molar-refractivity contribution is 0.649. The van der Waals surface area contributed by atoms with Gasteiger partial charge in [-0.2, -0.15) is 0 Å². The van der Waals surface area contributed by atoms with Gasteiger partial charge in [0.2, 0.25) is 0 Å². The summed E-state index contributed by atoms with van der Waals surface area (Å²) in [6, 6.07) is 80.9. The Morgan fingerprint density at radius 2 is 0.944 bits per heavy atom. The average molecular weight is 907 g/mol. The number of aromatic nitrogens is 4. The van der Waals surface area contributed by atoms with E-state index in [4.69, 9.17) is 19.4 Å². The van der Waals surface area contributed by atoms with Gasteiger partial charge < -0.3 is 8.98 Å². The van der Waals surface area contributed by atoms with Crippen molar-refractivity contribution >= 4 is 76.1 Å². The molecule has 1 aliphatic carbocycles. The van der Waals surface area contributed by atoms with E-state index in [9.17, 15) is 0 Å². The number of hydrogen-bond donors (Lipinski definition) is 0. The van der Waals surface area contributed by atoms with Crippen molar-refractivity contribution in [3.8, 4) is 51.0 Å². The SMILES string of the molecule is CC1c2ccc(-c3nc(-c4ccc5ccccc5c4)nc(-c4cc5c(cc4-n4c6ccccc6c6cc7ccccc7cc64)oc4cc6ccccc6cc45)n3)cc2-c2ccccc2C1c1ccccc1. The molecule has 0 N–H and O–H groups in total. The second-order valence-electron chi connectivity index (χ2n) is 19.2. The molecule has 71 heavy (non-hydrogen) atoms. The Labute approximate surface area is 409 Å². The van der Waals surface area contributed by atoms with Crippen molar-refractivity contribution in [1.82, 2.24) is 19.5 Å². The molecule has 15 rings (SSSR count). The molecule has 0 spiro atoms. The molecule has 332 valence electrons. The maximum absolute atomic E-state index is 6.87. The molecule has 0 bridgehead atoms.